The van der Waals surface area contributed by atoms with Crippen LogP contribution in [0.1, 0.15) is 72.1 Å². The zero-order chi connectivity index (χ0) is 20.8. The van der Waals surface area contributed by atoms with Gasteiger partial charge in [0.2, 0.25) is 5.91 Å². The summed E-state index contributed by atoms with van der Waals surface area (Å²) in [5, 5.41) is 5.91. The van der Waals surface area contributed by atoms with Gasteiger partial charge in [0, 0.05) is 17.0 Å². The van der Waals surface area contributed by atoms with E-state index in [2.05, 4.69) is 15.4 Å². The standard InChI is InChI=1S/C19H29F3N2O4/c1-16(2,3)28-15(26)24-18-7-4-17(5-8-18,6-9-18)14(25)23-12-10-13(11-12)27-19(20,21)22/h12-13H,4-11H2,1-3H3,(H,23,25)(H,24,26). The normalized spacial score (nSPS) is 35.1. The van der Waals surface area contributed by atoms with E-state index in [0.717, 1.165) is 0 Å². The van der Waals surface area contributed by atoms with Crippen LogP contribution in [0.2, 0.25) is 0 Å². The molecule has 160 valence electrons. The van der Waals surface area contributed by atoms with Gasteiger partial charge in [-0.3, -0.25) is 9.53 Å². The number of carbonyl (C=O) groups excluding carboxylic acids is 2. The van der Waals surface area contributed by atoms with Crippen molar-refractivity contribution in [1.82, 2.24) is 10.6 Å². The molecular formula is C19H29F3N2O4. The van der Waals surface area contributed by atoms with E-state index in [1.54, 1.807) is 0 Å². The third kappa shape index (κ3) is 4.90. The van der Waals surface area contributed by atoms with Crippen molar-refractivity contribution in [3.05, 3.63) is 0 Å². The molecule has 4 rings (SSSR count). The van der Waals surface area contributed by atoms with Gasteiger partial charge in [0.1, 0.15) is 5.60 Å². The Morgan fingerprint density at radius 1 is 0.964 bits per heavy atom. The van der Waals surface area contributed by atoms with Crippen LogP contribution in [-0.2, 0) is 14.3 Å². The van der Waals surface area contributed by atoms with Gasteiger partial charge in [0.25, 0.3) is 0 Å². The molecule has 0 aromatic rings. The van der Waals surface area contributed by atoms with E-state index in [1.165, 1.54) is 0 Å². The summed E-state index contributed by atoms with van der Waals surface area (Å²) in [7, 11) is 0. The van der Waals surface area contributed by atoms with Gasteiger partial charge in [-0.1, -0.05) is 0 Å². The maximum absolute atomic E-state index is 12.8. The summed E-state index contributed by atoms with van der Waals surface area (Å²) in [4.78, 5) is 24.9. The zero-order valence-electron chi connectivity index (χ0n) is 16.6. The molecule has 0 aromatic carbocycles. The molecule has 0 unspecified atom stereocenters. The minimum Gasteiger partial charge on any atom is -0.444 e. The van der Waals surface area contributed by atoms with E-state index >= 15 is 0 Å². The second kappa shape index (κ2) is 7.07. The largest absolute Gasteiger partial charge is 0.522 e. The quantitative estimate of drug-likeness (QED) is 0.745. The lowest BCUT2D eigenvalue weighted by atomic mass is 9.56. The Morgan fingerprint density at radius 3 is 1.96 bits per heavy atom. The Bertz CT molecular complexity index is 599. The first kappa shape index (κ1) is 21.2. The highest BCUT2D eigenvalue weighted by atomic mass is 19.4. The van der Waals surface area contributed by atoms with Gasteiger partial charge in [-0.2, -0.15) is 0 Å². The average Bonchev–Trinajstić information content (AvgIpc) is 2.51. The van der Waals surface area contributed by atoms with Gasteiger partial charge in [-0.15, -0.1) is 13.2 Å². The lowest BCUT2D eigenvalue weighted by Crippen LogP contribution is -2.61. The topological polar surface area (TPSA) is 76.7 Å². The Kier molecular flexibility index (Phi) is 5.36. The van der Waals surface area contributed by atoms with E-state index in [9.17, 15) is 22.8 Å². The molecule has 0 aromatic heterocycles. The van der Waals surface area contributed by atoms with Crippen molar-refractivity contribution in [2.24, 2.45) is 5.41 Å². The van der Waals surface area contributed by atoms with Crippen LogP contribution in [0.4, 0.5) is 18.0 Å². The maximum Gasteiger partial charge on any atom is 0.522 e. The number of rotatable bonds is 4. The molecule has 0 atom stereocenters. The number of fused-ring (bicyclic) bond motifs is 3. The van der Waals surface area contributed by atoms with Crippen molar-refractivity contribution in [3.63, 3.8) is 0 Å². The molecule has 4 fully saturated rings. The molecular weight excluding hydrogens is 377 g/mol. The Hall–Kier alpha value is -1.51. The number of nitrogens with one attached hydrogen (secondary N) is 2. The fourth-order valence-corrected chi connectivity index (χ4v) is 4.54. The lowest BCUT2D eigenvalue weighted by molar-refractivity contribution is -0.351. The summed E-state index contributed by atoms with van der Waals surface area (Å²) in [5.41, 5.74) is -1.37. The van der Waals surface area contributed by atoms with Gasteiger partial charge in [-0.05, 0) is 72.1 Å². The maximum atomic E-state index is 12.8. The minimum atomic E-state index is -4.63. The van der Waals surface area contributed by atoms with Crippen molar-refractivity contribution < 1.29 is 32.2 Å². The van der Waals surface area contributed by atoms with E-state index in [0.29, 0.717) is 38.5 Å². The third-order valence-electron chi connectivity index (χ3n) is 6.22. The number of amides is 2. The second-order valence-electron chi connectivity index (χ2n) is 9.51. The van der Waals surface area contributed by atoms with Crippen LogP contribution in [0.5, 0.6) is 0 Å². The van der Waals surface area contributed by atoms with Crippen LogP contribution < -0.4 is 10.6 Å². The zero-order valence-corrected chi connectivity index (χ0v) is 16.6. The number of alkyl halides is 3. The Balaban J connectivity index is 1.47. The number of carbonyl (C=O) groups is 2. The molecule has 28 heavy (non-hydrogen) atoms. The van der Waals surface area contributed by atoms with Gasteiger partial charge in [-0.25, -0.2) is 4.79 Å². The van der Waals surface area contributed by atoms with E-state index < -0.39 is 29.6 Å². The van der Waals surface area contributed by atoms with Crippen LogP contribution in [-0.4, -0.2) is 41.6 Å². The van der Waals surface area contributed by atoms with Crippen molar-refractivity contribution >= 4 is 12.0 Å². The predicted octanol–water partition coefficient (Wildman–Crippen LogP) is 3.79. The lowest BCUT2D eigenvalue weighted by Gasteiger charge is -2.53. The molecule has 4 saturated carbocycles. The van der Waals surface area contributed by atoms with Crippen molar-refractivity contribution in [3.8, 4) is 0 Å². The number of hydrogen-bond donors (Lipinski definition) is 2. The van der Waals surface area contributed by atoms with Crippen LogP contribution in [0.3, 0.4) is 0 Å². The van der Waals surface area contributed by atoms with Crippen LogP contribution >= 0.6 is 0 Å². The molecule has 4 aliphatic carbocycles. The Labute approximate surface area is 162 Å². The van der Waals surface area contributed by atoms with Crippen LogP contribution in [0, 0.1) is 5.41 Å². The smallest absolute Gasteiger partial charge is 0.444 e. The molecule has 2 N–H and O–H groups in total. The fraction of sp³-hybridized carbons (Fsp3) is 0.895. The summed E-state index contributed by atoms with van der Waals surface area (Å²) >= 11 is 0. The van der Waals surface area contributed by atoms with E-state index in [4.69, 9.17) is 4.74 Å². The molecule has 0 aliphatic heterocycles. The number of halogens is 3. The monoisotopic (exact) mass is 406 g/mol. The summed E-state index contributed by atoms with van der Waals surface area (Å²) in [6.45, 7) is 5.43. The van der Waals surface area contributed by atoms with E-state index in [-0.39, 0.29) is 30.3 Å². The summed E-state index contributed by atoms with van der Waals surface area (Å²) in [6, 6.07) is -0.261. The number of alkyl carbamates (subject to hydrolysis) is 1. The van der Waals surface area contributed by atoms with Crippen LogP contribution in [0.25, 0.3) is 0 Å². The molecule has 0 radical (unpaired) electrons. The highest BCUT2D eigenvalue weighted by Gasteiger charge is 2.54. The SMILES string of the molecule is CC(C)(C)OC(=O)NC12CCC(C(=O)NC3CC(OC(F)(F)F)C3)(CC1)CC2. The Morgan fingerprint density at radius 2 is 1.50 bits per heavy atom. The average molecular weight is 406 g/mol. The summed E-state index contributed by atoms with van der Waals surface area (Å²) in [6.07, 6.45) is -1.50. The molecule has 9 heteroatoms. The van der Waals surface area contributed by atoms with E-state index in [1.807, 2.05) is 20.8 Å². The highest BCUT2D eigenvalue weighted by molar-refractivity contribution is 5.83. The molecule has 4 aliphatic rings. The minimum absolute atomic E-state index is 0.0754. The molecule has 2 bridgehead atoms. The van der Waals surface area contributed by atoms with Gasteiger partial charge in [0.15, 0.2) is 0 Å². The summed E-state index contributed by atoms with van der Waals surface area (Å²) in [5.74, 6) is -0.0754. The third-order valence-corrected chi connectivity index (χ3v) is 6.22. The fourth-order valence-electron chi connectivity index (χ4n) is 4.54. The van der Waals surface area contributed by atoms with Gasteiger partial charge >= 0.3 is 12.5 Å². The predicted molar refractivity (Wildman–Crippen MR) is 94.3 cm³/mol. The van der Waals surface area contributed by atoms with Gasteiger partial charge in [0.05, 0.1) is 6.10 Å². The molecule has 0 spiro atoms. The van der Waals surface area contributed by atoms with Crippen molar-refractivity contribution in [2.75, 3.05) is 0 Å². The van der Waals surface area contributed by atoms with Crippen molar-refractivity contribution in [2.45, 2.75) is 102 Å². The van der Waals surface area contributed by atoms with Crippen LogP contribution in [0.15, 0.2) is 0 Å². The molecule has 2 amide bonds. The first-order valence-corrected chi connectivity index (χ1v) is 9.87. The second-order valence-corrected chi connectivity index (χ2v) is 9.51. The first-order chi connectivity index (χ1) is 12.8. The molecule has 0 heterocycles. The first-order valence-electron chi connectivity index (χ1n) is 9.87. The molecule has 6 nitrogen and oxygen atoms in total. The molecule has 0 saturated heterocycles. The number of hydrogen-bond acceptors (Lipinski definition) is 4. The van der Waals surface area contributed by atoms with Crippen molar-refractivity contribution in [1.29, 1.82) is 0 Å². The summed E-state index contributed by atoms with van der Waals surface area (Å²) < 4.78 is 45.9. The van der Waals surface area contributed by atoms with Gasteiger partial charge < -0.3 is 15.4 Å². The highest BCUT2D eigenvalue weighted by Crippen LogP contribution is 2.52. The number of ether oxygens (including phenoxy) is 2.